The highest BCUT2D eigenvalue weighted by Crippen LogP contribution is 2.32. The molecule has 2 fully saturated rings. The Balaban J connectivity index is 1.89. The maximum atomic E-state index is 11.5. The van der Waals surface area contributed by atoms with Crippen LogP contribution in [-0.2, 0) is 9.53 Å². The summed E-state index contributed by atoms with van der Waals surface area (Å²) in [6.45, 7) is 2.74. The van der Waals surface area contributed by atoms with Crippen LogP contribution in [0.4, 0.5) is 0 Å². The Kier molecular flexibility index (Phi) is 4.05. The van der Waals surface area contributed by atoms with E-state index in [2.05, 4.69) is 4.90 Å². The number of hydrogen-bond donors (Lipinski definition) is 1. The molecule has 0 aromatic carbocycles. The van der Waals surface area contributed by atoms with Crippen LogP contribution in [0, 0.1) is 11.3 Å². The number of carboxylic acids is 1. The van der Waals surface area contributed by atoms with Crippen LogP contribution in [0.5, 0.6) is 0 Å². The monoisotopic (exact) mass is 241 g/mol. The fraction of sp³-hybridized carbons (Fsp3) is 0.923. The Hall–Kier alpha value is -0.610. The molecule has 4 heteroatoms. The zero-order valence-corrected chi connectivity index (χ0v) is 10.7. The van der Waals surface area contributed by atoms with Crippen molar-refractivity contribution in [1.82, 2.24) is 4.90 Å². The molecule has 1 aliphatic carbocycles. The molecule has 0 aromatic rings. The maximum absolute atomic E-state index is 11.5. The molecule has 1 unspecified atom stereocenters. The summed E-state index contributed by atoms with van der Waals surface area (Å²) in [5.41, 5.74) is -0.670. The summed E-state index contributed by atoms with van der Waals surface area (Å²) in [7, 11) is 2.04. The number of carbonyl (C=O) groups is 1. The number of rotatable bonds is 5. The molecule has 1 aliphatic heterocycles. The van der Waals surface area contributed by atoms with Crippen molar-refractivity contribution in [2.24, 2.45) is 11.3 Å². The molecule has 17 heavy (non-hydrogen) atoms. The van der Waals surface area contributed by atoms with Gasteiger partial charge in [0.1, 0.15) is 5.41 Å². The third-order valence-corrected chi connectivity index (χ3v) is 4.14. The minimum atomic E-state index is -0.697. The standard InChI is InChI=1S/C13H23NO3/c1-14(8-11-4-2-5-11)9-13(12(15)16)6-3-7-17-10-13/h11H,2-10H2,1H3,(H,15,16). The molecule has 0 spiro atoms. The van der Waals surface area contributed by atoms with E-state index in [-0.39, 0.29) is 0 Å². The number of nitrogens with zero attached hydrogens (tertiary/aromatic N) is 1. The van der Waals surface area contributed by atoms with E-state index < -0.39 is 11.4 Å². The van der Waals surface area contributed by atoms with E-state index in [1.54, 1.807) is 0 Å². The van der Waals surface area contributed by atoms with Crippen molar-refractivity contribution in [3.05, 3.63) is 0 Å². The summed E-state index contributed by atoms with van der Waals surface area (Å²) in [6, 6.07) is 0. The second-order valence-electron chi connectivity index (χ2n) is 5.74. The number of aliphatic carboxylic acids is 1. The van der Waals surface area contributed by atoms with Crippen LogP contribution < -0.4 is 0 Å². The smallest absolute Gasteiger partial charge is 0.313 e. The van der Waals surface area contributed by atoms with E-state index in [1.165, 1.54) is 19.3 Å². The molecule has 98 valence electrons. The van der Waals surface area contributed by atoms with Crippen LogP contribution in [0.2, 0.25) is 0 Å². The second kappa shape index (κ2) is 5.36. The Morgan fingerprint density at radius 2 is 2.24 bits per heavy atom. The molecule has 1 N–H and O–H groups in total. The summed E-state index contributed by atoms with van der Waals surface area (Å²) in [6.07, 6.45) is 5.56. The minimum Gasteiger partial charge on any atom is -0.481 e. The SMILES string of the molecule is CN(CC1CCC1)CC1(C(=O)O)CCCOC1. The van der Waals surface area contributed by atoms with Crippen molar-refractivity contribution >= 4 is 5.97 Å². The third kappa shape index (κ3) is 2.99. The van der Waals surface area contributed by atoms with Crippen LogP contribution in [0.3, 0.4) is 0 Å². The number of carboxylic acid groups (broad SMARTS) is 1. The van der Waals surface area contributed by atoms with Gasteiger partial charge in [0.25, 0.3) is 0 Å². The molecule has 0 amide bonds. The number of ether oxygens (including phenoxy) is 1. The normalized spacial score (nSPS) is 30.2. The van der Waals surface area contributed by atoms with E-state index in [4.69, 9.17) is 4.74 Å². The lowest BCUT2D eigenvalue weighted by atomic mass is 9.81. The first-order chi connectivity index (χ1) is 8.12. The molecule has 1 heterocycles. The van der Waals surface area contributed by atoms with Gasteiger partial charge < -0.3 is 14.7 Å². The van der Waals surface area contributed by atoms with Crippen LogP contribution in [0.1, 0.15) is 32.1 Å². The van der Waals surface area contributed by atoms with E-state index in [0.717, 1.165) is 25.3 Å². The zero-order valence-electron chi connectivity index (χ0n) is 10.7. The predicted octanol–water partition coefficient (Wildman–Crippen LogP) is 1.60. The highest BCUT2D eigenvalue weighted by Gasteiger charge is 2.41. The molecule has 0 aromatic heterocycles. The minimum absolute atomic E-state index is 0.372. The lowest BCUT2D eigenvalue weighted by Crippen LogP contribution is -2.48. The first-order valence-electron chi connectivity index (χ1n) is 6.62. The Morgan fingerprint density at radius 1 is 1.47 bits per heavy atom. The molecule has 1 saturated carbocycles. The average Bonchev–Trinajstić information content (AvgIpc) is 2.25. The molecule has 1 atom stereocenters. The third-order valence-electron chi connectivity index (χ3n) is 4.14. The predicted molar refractivity (Wildman–Crippen MR) is 65.0 cm³/mol. The van der Waals surface area contributed by atoms with E-state index >= 15 is 0 Å². The van der Waals surface area contributed by atoms with Gasteiger partial charge in [-0.2, -0.15) is 0 Å². The van der Waals surface area contributed by atoms with Crippen LogP contribution in [-0.4, -0.2) is 49.3 Å². The van der Waals surface area contributed by atoms with Gasteiger partial charge >= 0.3 is 5.97 Å². The van der Waals surface area contributed by atoms with Gasteiger partial charge in [-0.05, 0) is 38.6 Å². The molecule has 4 nitrogen and oxygen atoms in total. The summed E-state index contributed by atoms with van der Waals surface area (Å²) < 4.78 is 5.39. The van der Waals surface area contributed by atoms with Gasteiger partial charge in [-0.3, -0.25) is 4.79 Å². The van der Waals surface area contributed by atoms with Gasteiger partial charge in [-0.15, -0.1) is 0 Å². The maximum Gasteiger partial charge on any atom is 0.313 e. The topological polar surface area (TPSA) is 49.8 Å². The van der Waals surface area contributed by atoms with Gasteiger partial charge in [0.2, 0.25) is 0 Å². The molecule has 2 rings (SSSR count). The lowest BCUT2D eigenvalue weighted by molar-refractivity contribution is -0.159. The second-order valence-corrected chi connectivity index (χ2v) is 5.74. The van der Waals surface area contributed by atoms with Gasteiger partial charge in [-0.25, -0.2) is 0 Å². The van der Waals surface area contributed by atoms with Crippen LogP contribution >= 0.6 is 0 Å². The lowest BCUT2D eigenvalue weighted by Gasteiger charge is -2.38. The Morgan fingerprint density at radius 3 is 2.71 bits per heavy atom. The van der Waals surface area contributed by atoms with Gasteiger partial charge in [0.15, 0.2) is 0 Å². The van der Waals surface area contributed by atoms with E-state index in [9.17, 15) is 9.90 Å². The zero-order chi connectivity index (χ0) is 12.3. The summed E-state index contributed by atoms with van der Waals surface area (Å²) in [4.78, 5) is 13.7. The fourth-order valence-corrected chi connectivity index (χ4v) is 2.91. The summed E-state index contributed by atoms with van der Waals surface area (Å²) in [5, 5.41) is 9.44. The largest absolute Gasteiger partial charge is 0.481 e. The van der Waals surface area contributed by atoms with Crippen molar-refractivity contribution < 1.29 is 14.6 Å². The first kappa shape index (κ1) is 12.8. The van der Waals surface area contributed by atoms with Gasteiger partial charge in [-0.1, -0.05) is 6.42 Å². The molecule has 2 aliphatic rings. The van der Waals surface area contributed by atoms with Crippen molar-refractivity contribution in [3.8, 4) is 0 Å². The Bertz CT molecular complexity index is 270. The quantitative estimate of drug-likeness (QED) is 0.794. The van der Waals surface area contributed by atoms with E-state index in [1.807, 2.05) is 7.05 Å². The molecule has 0 bridgehead atoms. The number of hydrogen-bond acceptors (Lipinski definition) is 3. The van der Waals surface area contributed by atoms with Crippen molar-refractivity contribution in [3.63, 3.8) is 0 Å². The highest BCUT2D eigenvalue weighted by molar-refractivity contribution is 5.75. The molecular formula is C13H23NO3. The van der Waals surface area contributed by atoms with E-state index in [0.29, 0.717) is 19.8 Å². The van der Waals surface area contributed by atoms with Gasteiger partial charge in [0, 0.05) is 19.7 Å². The van der Waals surface area contributed by atoms with Gasteiger partial charge in [0.05, 0.1) is 6.61 Å². The van der Waals surface area contributed by atoms with Crippen molar-refractivity contribution in [2.75, 3.05) is 33.4 Å². The molecule has 0 radical (unpaired) electrons. The summed E-state index contributed by atoms with van der Waals surface area (Å²) >= 11 is 0. The van der Waals surface area contributed by atoms with Crippen molar-refractivity contribution in [1.29, 1.82) is 0 Å². The molecular weight excluding hydrogens is 218 g/mol. The molecule has 1 saturated heterocycles. The fourth-order valence-electron chi connectivity index (χ4n) is 2.91. The highest BCUT2D eigenvalue weighted by atomic mass is 16.5. The Labute approximate surface area is 103 Å². The van der Waals surface area contributed by atoms with Crippen LogP contribution in [0.25, 0.3) is 0 Å². The first-order valence-corrected chi connectivity index (χ1v) is 6.62. The van der Waals surface area contributed by atoms with Crippen LogP contribution in [0.15, 0.2) is 0 Å². The van der Waals surface area contributed by atoms with Crippen molar-refractivity contribution in [2.45, 2.75) is 32.1 Å². The average molecular weight is 241 g/mol. The summed E-state index contributed by atoms with van der Waals surface area (Å²) in [5.74, 6) is 0.0908.